The van der Waals surface area contributed by atoms with Crippen LogP contribution >= 0.6 is 23.2 Å². The lowest BCUT2D eigenvalue weighted by molar-refractivity contribution is 0.0861. The summed E-state index contributed by atoms with van der Waals surface area (Å²) in [5, 5.41) is 22.5. The molecule has 2 amide bonds. The molecule has 2 aliphatic carbocycles. The lowest BCUT2D eigenvalue weighted by atomic mass is 9.80. The van der Waals surface area contributed by atoms with Crippen LogP contribution in [0.15, 0.2) is 36.4 Å². The third-order valence-electron chi connectivity index (χ3n) is 8.09. The molecule has 4 atom stereocenters. The first-order chi connectivity index (χ1) is 17.7. The summed E-state index contributed by atoms with van der Waals surface area (Å²) in [6.45, 7) is 7.46. The van der Waals surface area contributed by atoms with E-state index in [4.69, 9.17) is 23.2 Å². The number of rotatable bonds is 9. The number of hydrogen-bond donors (Lipinski definition) is 2. The number of aliphatic hydroxyl groups excluding tert-OH is 1. The SMILES string of the molecule is CC(C)N(CCN(C(=O)Nc1cc(Cl)nc(Cl)c1)[C@@H]1CC[C@]2(c3cccc(C#N)c3)CC2C1)[C@H](C)CO. The molecule has 1 heterocycles. The van der Waals surface area contributed by atoms with E-state index in [-0.39, 0.29) is 46.5 Å². The minimum Gasteiger partial charge on any atom is -0.395 e. The standard InChI is InChI=1S/C28H35Cl2N5O2/c1-18(2)34(19(3)17-36)9-10-35(27(37)32-23-13-25(29)33-26(30)14-23)24-7-8-28(15-22(28)12-24)21-6-4-5-20(11-21)16-31/h4-6,11,13-14,18-19,22,24,36H,7-10,12,15,17H2,1-3H3,(H,32,33,37)/t19-,22?,24-,28-/m1/s1. The van der Waals surface area contributed by atoms with Gasteiger partial charge >= 0.3 is 6.03 Å². The highest BCUT2D eigenvalue weighted by molar-refractivity contribution is 6.33. The van der Waals surface area contributed by atoms with Gasteiger partial charge in [0.1, 0.15) is 10.3 Å². The Balaban J connectivity index is 1.52. The molecule has 7 nitrogen and oxygen atoms in total. The molecule has 0 saturated heterocycles. The van der Waals surface area contributed by atoms with Crippen LogP contribution < -0.4 is 5.32 Å². The maximum absolute atomic E-state index is 13.6. The number of anilines is 1. The van der Waals surface area contributed by atoms with Gasteiger partial charge in [0.05, 0.1) is 18.2 Å². The van der Waals surface area contributed by atoms with Crippen LogP contribution in [0.3, 0.4) is 0 Å². The van der Waals surface area contributed by atoms with Crippen molar-refractivity contribution < 1.29 is 9.90 Å². The number of aromatic nitrogens is 1. The number of benzene rings is 1. The fraction of sp³-hybridized carbons (Fsp3) is 0.536. The first-order valence-corrected chi connectivity index (χ1v) is 13.7. The Morgan fingerprint density at radius 1 is 1.24 bits per heavy atom. The van der Waals surface area contributed by atoms with Gasteiger partial charge in [-0.3, -0.25) is 4.90 Å². The Hall–Kier alpha value is -2.37. The van der Waals surface area contributed by atoms with E-state index in [2.05, 4.69) is 41.2 Å². The number of urea groups is 1. The Kier molecular flexibility index (Phi) is 8.65. The molecule has 2 saturated carbocycles. The zero-order chi connectivity index (χ0) is 26.7. The lowest BCUT2D eigenvalue weighted by Crippen LogP contribution is -2.51. The minimum absolute atomic E-state index is 0.00225. The quantitative estimate of drug-likeness (QED) is 0.396. The van der Waals surface area contributed by atoms with Gasteiger partial charge in [-0.25, -0.2) is 9.78 Å². The molecule has 198 valence electrons. The van der Waals surface area contributed by atoms with E-state index in [9.17, 15) is 15.2 Å². The fourth-order valence-corrected chi connectivity index (χ4v) is 6.50. The molecule has 4 rings (SSSR count). The van der Waals surface area contributed by atoms with E-state index in [0.717, 1.165) is 25.7 Å². The number of carbonyl (C=O) groups excluding carboxylic acids is 1. The van der Waals surface area contributed by atoms with Crippen molar-refractivity contribution >= 4 is 34.9 Å². The van der Waals surface area contributed by atoms with Crippen molar-refractivity contribution in [2.45, 2.75) is 70.0 Å². The monoisotopic (exact) mass is 543 g/mol. The number of fused-ring (bicyclic) bond motifs is 1. The molecule has 9 heteroatoms. The largest absolute Gasteiger partial charge is 0.395 e. The average molecular weight is 545 g/mol. The summed E-state index contributed by atoms with van der Waals surface area (Å²) in [6.07, 6.45) is 3.87. The number of halogens is 2. The van der Waals surface area contributed by atoms with Crippen molar-refractivity contribution in [3.63, 3.8) is 0 Å². The second-order valence-corrected chi connectivity index (χ2v) is 11.4. The highest BCUT2D eigenvalue weighted by Crippen LogP contribution is 2.62. The summed E-state index contributed by atoms with van der Waals surface area (Å²) in [4.78, 5) is 21.7. The zero-order valence-corrected chi connectivity index (χ0v) is 23.1. The molecular formula is C28H35Cl2N5O2. The van der Waals surface area contributed by atoms with Gasteiger partial charge in [0, 0.05) is 36.9 Å². The molecule has 2 aromatic rings. The van der Waals surface area contributed by atoms with Gasteiger partial charge in [0.2, 0.25) is 0 Å². The predicted molar refractivity (Wildman–Crippen MR) is 147 cm³/mol. The Labute approximate surface area is 229 Å². The van der Waals surface area contributed by atoms with Gasteiger partial charge < -0.3 is 15.3 Å². The van der Waals surface area contributed by atoms with Crippen molar-refractivity contribution in [1.82, 2.24) is 14.8 Å². The zero-order valence-electron chi connectivity index (χ0n) is 21.6. The second kappa shape index (κ2) is 11.6. The molecule has 0 bridgehead atoms. The summed E-state index contributed by atoms with van der Waals surface area (Å²) in [6, 6.07) is 13.6. The molecule has 2 aliphatic rings. The van der Waals surface area contributed by atoms with Crippen LogP contribution in [0.1, 0.15) is 57.6 Å². The van der Waals surface area contributed by atoms with Crippen LogP contribution in [0.5, 0.6) is 0 Å². The maximum atomic E-state index is 13.6. The normalized spacial score (nSPS) is 23.3. The summed E-state index contributed by atoms with van der Waals surface area (Å²) >= 11 is 12.1. The number of aliphatic hydroxyl groups is 1. The molecular weight excluding hydrogens is 509 g/mol. The van der Waals surface area contributed by atoms with E-state index in [1.54, 1.807) is 12.1 Å². The highest BCUT2D eigenvalue weighted by atomic mass is 35.5. The average Bonchev–Trinajstić information content (AvgIpc) is 3.60. The Morgan fingerprint density at radius 2 is 1.97 bits per heavy atom. The molecule has 2 fully saturated rings. The number of hydrogen-bond acceptors (Lipinski definition) is 5. The summed E-state index contributed by atoms with van der Waals surface area (Å²) < 4.78 is 0. The third kappa shape index (κ3) is 6.21. The minimum atomic E-state index is -0.191. The van der Waals surface area contributed by atoms with Gasteiger partial charge in [-0.05, 0) is 87.6 Å². The van der Waals surface area contributed by atoms with E-state index >= 15 is 0 Å². The number of nitrogens with one attached hydrogen (secondary N) is 1. The van der Waals surface area contributed by atoms with E-state index in [0.29, 0.717) is 30.3 Å². The topological polar surface area (TPSA) is 92.5 Å². The molecule has 1 aromatic heterocycles. The van der Waals surface area contributed by atoms with Crippen molar-refractivity contribution in [1.29, 1.82) is 5.26 Å². The molecule has 0 spiro atoms. The summed E-state index contributed by atoms with van der Waals surface area (Å²) in [5.41, 5.74) is 2.57. The highest BCUT2D eigenvalue weighted by Gasteiger charge is 2.58. The number of amides is 2. The second-order valence-electron chi connectivity index (χ2n) is 10.7. The first-order valence-electron chi connectivity index (χ1n) is 12.9. The van der Waals surface area contributed by atoms with E-state index in [1.807, 2.05) is 30.0 Å². The molecule has 37 heavy (non-hydrogen) atoms. The molecule has 1 aromatic carbocycles. The molecule has 2 N–H and O–H groups in total. The van der Waals surface area contributed by atoms with E-state index < -0.39 is 0 Å². The van der Waals surface area contributed by atoms with Gasteiger partial charge in [0.25, 0.3) is 0 Å². The summed E-state index contributed by atoms with van der Waals surface area (Å²) in [5.74, 6) is 0.484. The number of pyridine rings is 1. The lowest BCUT2D eigenvalue weighted by Gasteiger charge is -2.39. The third-order valence-corrected chi connectivity index (χ3v) is 8.47. The van der Waals surface area contributed by atoms with Gasteiger partial charge in [-0.2, -0.15) is 5.26 Å². The molecule has 1 unspecified atom stereocenters. The molecule has 0 radical (unpaired) electrons. The summed E-state index contributed by atoms with van der Waals surface area (Å²) in [7, 11) is 0. The van der Waals surface area contributed by atoms with Crippen LogP contribution in [0.25, 0.3) is 0 Å². The van der Waals surface area contributed by atoms with Crippen molar-refractivity contribution in [2.75, 3.05) is 25.0 Å². The number of nitriles is 1. The van der Waals surface area contributed by atoms with Gasteiger partial charge in [0.15, 0.2) is 0 Å². The van der Waals surface area contributed by atoms with Crippen LogP contribution in [0.2, 0.25) is 10.3 Å². The van der Waals surface area contributed by atoms with Crippen LogP contribution in [0.4, 0.5) is 10.5 Å². The van der Waals surface area contributed by atoms with Crippen molar-refractivity contribution in [2.24, 2.45) is 5.92 Å². The molecule has 0 aliphatic heterocycles. The predicted octanol–water partition coefficient (Wildman–Crippen LogP) is 5.70. The first kappa shape index (κ1) is 27.7. The van der Waals surface area contributed by atoms with E-state index in [1.165, 1.54) is 5.56 Å². The van der Waals surface area contributed by atoms with Crippen molar-refractivity contribution in [3.05, 3.63) is 57.8 Å². The van der Waals surface area contributed by atoms with Crippen LogP contribution in [-0.4, -0.2) is 63.7 Å². The Bertz CT molecular complexity index is 1150. The van der Waals surface area contributed by atoms with Gasteiger partial charge in [-0.15, -0.1) is 0 Å². The van der Waals surface area contributed by atoms with Crippen LogP contribution in [0, 0.1) is 17.2 Å². The number of carbonyl (C=O) groups is 1. The number of nitrogens with zero attached hydrogens (tertiary/aromatic N) is 4. The Morgan fingerprint density at radius 3 is 2.59 bits per heavy atom. The smallest absolute Gasteiger partial charge is 0.322 e. The maximum Gasteiger partial charge on any atom is 0.322 e. The van der Waals surface area contributed by atoms with Gasteiger partial charge in [-0.1, -0.05) is 35.3 Å². The van der Waals surface area contributed by atoms with Crippen molar-refractivity contribution in [3.8, 4) is 6.07 Å². The van der Waals surface area contributed by atoms with Crippen LogP contribution in [-0.2, 0) is 5.41 Å². The fourth-order valence-electron chi connectivity index (χ4n) is 6.04.